The summed E-state index contributed by atoms with van der Waals surface area (Å²) in [6.45, 7) is 5.11. The summed E-state index contributed by atoms with van der Waals surface area (Å²) in [6, 6.07) is 7.87. The summed E-state index contributed by atoms with van der Waals surface area (Å²) in [4.78, 5) is 8.29. The molecule has 0 amide bonds. The normalized spacial score (nSPS) is 10.3. The van der Waals surface area contributed by atoms with Gasteiger partial charge in [0.15, 0.2) is 0 Å². The van der Waals surface area contributed by atoms with Crippen molar-refractivity contribution < 1.29 is 9.47 Å². The Hall–Kier alpha value is -2.14. The second kappa shape index (κ2) is 6.86. The summed E-state index contributed by atoms with van der Waals surface area (Å²) in [5.74, 6) is 1.86. The molecule has 0 saturated carbocycles. The van der Waals surface area contributed by atoms with Crippen LogP contribution in [0.3, 0.4) is 0 Å². The van der Waals surface area contributed by atoms with Gasteiger partial charge in [-0.15, -0.1) is 0 Å². The first-order chi connectivity index (χ1) is 9.76. The number of benzene rings is 1. The van der Waals surface area contributed by atoms with Crippen LogP contribution in [-0.4, -0.2) is 23.6 Å². The fourth-order valence-electron chi connectivity index (χ4n) is 1.85. The molecule has 2 aromatic rings. The Bertz CT molecular complexity index is 573. The minimum Gasteiger partial charge on any atom is -0.478 e. The van der Waals surface area contributed by atoms with E-state index in [2.05, 4.69) is 15.3 Å². The van der Waals surface area contributed by atoms with Gasteiger partial charge in [0, 0.05) is 12.1 Å². The molecule has 1 aromatic heterocycles. The van der Waals surface area contributed by atoms with Crippen molar-refractivity contribution in [3.63, 3.8) is 0 Å². The lowest BCUT2D eigenvalue weighted by atomic mass is 10.2. The number of rotatable bonds is 6. The van der Waals surface area contributed by atoms with E-state index in [4.69, 9.17) is 9.47 Å². The van der Waals surface area contributed by atoms with Crippen LogP contribution >= 0.6 is 0 Å². The highest BCUT2D eigenvalue weighted by molar-refractivity contribution is 5.40. The summed E-state index contributed by atoms with van der Waals surface area (Å²) < 4.78 is 11.4. The van der Waals surface area contributed by atoms with Crippen LogP contribution in [0.1, 0.15) is 18.1 Å². The zero-order chi connectivity index (χ0) is 14.4. The molecule has 0 fully saturated rings. The first kappa shape index (κ1) is 14.3. The van der Waals surface area contributed by atoms with Crippen LogP contribution in [0.2, 0.25) is 0 Å². The number of ether oxygens (including phenoxy) is 2. The molecular formula is C15H19N3O2. The third kappa shape index (κ3) is 3.24. The molecule has 0 radical (unpaired) electrons. The number of nitrogens with one attached hydrogen (secondary N) is 1. The maximum atomic E-state index is 5.91. The van der Waals surface area contributed by atoms with E-state index in [1.54, 1.807) is 0 Å². The number of nitrogens with zero attached hydrogens (tertiary/aromatic N) is 2. The monoisotopic (exact) mass is 273 g/mol. The fraction of sp³-hybridized carbons (Fsp3) is 0.333. The third-order valence-corrected chi connectivity index (χ3v) is 2.82. The lowest BCUT2D eigenvalue weighted by Gasteiger charge is -2.13. The van der Waals surface area contributed by atoms with Gasteiger partial charge in [-0.05, 0) is 27.0 Å². The van der Waals surface area contributed by atoms with Crippen LogP contribution in [0.15, 0.2) is 30.6 Å². The molecule has 0 spiro atoms. The number of aromatic nitrogens is 2. The molecule has 0 unspecified atom stereocenters. The molecule has 0 aliphatic rings. The van der Waals surface area contributed by atoms with Crippen molar-refractivity contribution in [1.29, 1.82) is 0 Å². The summed E-state index contributed by atoms with van der Waals surface area (Å²) in [5.41, 5.74) is 1.87. The van der Waals surface area contributed by atoms with Gasteiger partial charge in [0.05, 0.1) is 12.2 Å². The van der Waals surface area contributed by atoms with E-state index < -0.39 is 0 Å². The molecule has 20 heavy (non-hydrogen) atoms. The average Bonchev–Trinajstić information content (AvgIpc) is 2.46. The fourth-order valence-corrected chi connectivity index (χ4v) is 1.85. The van der Waals surface area contributed by atoms with Crippen molar-refractivity contribution in [1.82, 2.24) is 15.3 Å². The second-order valence-corrected chi connectivity index (χ2v) is 4.28. The van der Waals surface area contributed by atoms with Gasteiger partial charge in [-0.3, -0.25) is 0 Å². The average molecular weight is 273 g/mol. The van der Waals surface area contributed by atoms with Crippen LogP contribution in [-0.2, 0) is 6.54 Å². The van der Waals surface area contributed by atoms with E-state index in [9.17, 15) is 0 Å². The van der Waals surface area contributed by atoms with E-state index in [0.29, 0.717) is 18.4 Å². The molecular weight excluding hydrogens is 254 g/mol. The van der Waals surface area contributed by atoms with Crippen LogP contribution < -0.4 is 14.8 Å². The second-order valence-electron chi connectivity index (χ2n) is 4.28. The van der Waals surface area contributed by atoms with Gasteiger partial charge in [-0.1, -0.05) is 18.2 Å². The Labute approximate surface area is 119 Å². The summed E-state index contributed by atoms with van der Waals surface area (Å²) in [7, 11) is 1.90. The first-order valence-electron chi connectivity index (χ1n) is 6.61. The largest absolute Gasteiger partial charge is 0.478 e. The molecule has 0 saturated heterocycles. The summed E-state index contributed by atoms with van der Waals surface area (Å²) >= 11 is 0. The lowest BCUT2D eigenvalue weighted by Crippen LogP contribution is -2.07. The van der Waals surface area contributed by atoms with Crippen molar-refractivity contribution in [2.45, 2.75) is 20.4 Å². The molecule has 1 N–H and O–H groups in total. The van der Waals surface area contributed by atoms with E-state index >= 15 is 0 Å². The van der Waals surface area contributed by atoms with Gasteiger partial charge < -0.3 is 14.8 Å². The standard InChI is InChI=1S/C15H19N3O2/c1-4-19-14-11(2)15(18-10-17-14)20-13-8-6-5-7-12(13)9-16-3/h5-8,10,16H,4,9H2,1-3H3. The quantitative estimate of drug-likeness (QED) is 0.877. The molecule has 0 bridgehead atoms. The Morgan fingerprint density at radius 3 is 2.65 bits per heavy atom. The van der Waals surface area contributed by atoms with Crippen molar-refractivity contribution in [3.05, 3.63) is 41.7 Å². The highest BCUT2D eigenvalue weighted by Gasteiger charge is 2.11. The molecule has 1 heterocycles. The topological polar surface area (TPSA) is 56.3 Å². The van der Waals surface area contributed by atoms with Crippen LogP contribution in [0, 0.1) is 6.92 Å². The number of hydrogen-bond acceptors (Lipinski definition) is 5. The van der Waals surface area contributed by atoms with E-state index in [1.807, 2.05) is 45.2 Å². The Kier molecular flexibility index (Phi) is 4.90. The van der Waals surface area contributed by atoms with Gasteiger partial charge in [-0.2, -0.15) is 0 Å². The van der Waals surface area contributed by atoms with E-state index in [0.717, 1.165) is 23.4 Å². The van der Waals surface area contributed by atoms with Gasteiger partial charge in [0.1, 0.15) is 12.1 Å². The minimum absolute atomic E-state index is 0.520. The lowest BCUT2D eigenvalue weighted by molar-refractivity contribution is 0.319. The molecule has 0 aliphatic carbocycles. The van der Waals surface area contributed by atoms with Crippen molar-refractivity contribution in [2.24, 2.45) is 0 Å². The number of hydrogen-bond donors (Lipinski definition) is 1. The Balaban J connectivity index is 2.28. The molecule has 5 heteroatoms. The predicted octanol–water partition coefficient (Wildman–Crippen LogP) is 2.70. The van der Waals surface area contributed by atoms with Gasteiger partial charge in [0.25, 0.3) is 0 Å². The first-order valence-corrected chi connectivity index (χ1v) is 6.61. The molecule has 2 rings (SSSR count). The molecule has 0 atom stereocenters. The van der Waals surface area contributed by atoms with E-state index in [-0.39, 0.29) is 0 Å². The Morgan fingerprint density at radius 2 is 1.90 bits per heavy atom. The summed E-state index contributed by atoms with van der Waals surface area (Å²) in [5, 5.41) is 3.12. The molecule has 0 aliphatic heterocycles. The molecule has 5 nitrogen and oxygen atoms in total. The minimum atomic E-state index is 0.520. The van der Waals surface area contributed by atoms with Gasteiger partial charge >= 0.3 is 0 Å². The van der Waals surface area contributed by atoms with Crippen LogP contribution in [0.5, 0.6) is 17.5 Å². The highest BCUT2D eigenvalue weighted by Crippen LogP contribution is 2.29. The zero-order valence-electron chi connectivity index (χ0n) is 12.0. The maximum Gasteiger partial charge on any atom is 0.229 e. The van der Waals surface area contributed by atoms with Crippen molar-refractivity contribution >= 4 is 0 Å². The van der Waals surface area contributed by atoms with E-state index in [1.165, 1.54) is 6.33 Å². The number of para-hydroxylation sites is 1. The van der Waals surface area contributed by atoms with Crippen LogP contribution in [0.4, 0.5) is 0 Å². The van der Waals surface area contributed by atoms with Crippen molar-refractivity contribution in [3.8, 4) is 17.5 Å². The predicted molar refractivity (Wildman–Crippen MR) is 77.2 cm³/mol. The highest BCUT2D eigenvalue weighted by atomic mass is 16.5. The van der Waals surface area contributed by atoms with Crippen LogP contribution in [0.25, 0.3) is 0 Å². The maximum absolute atomic E-state index is 5.91. The SMILES string of the molecule is CCOc1ncnc(Oc2ccccc2CNC)c1C. The molecule has 1 aromatic carbocycles. The van der Waals surface area contributed by atoms with Gasteiger partial charge in [-0.25, -0.2) is 9.97 Å². The van der Waals surface area contributed by atoms with Crippen molar-refractivity contribution in [2.75, 3.05) is 13.7 Å². The van der Waals surface area contributed by atoms with Gasteiger partial charge in [0.2, 0.25) is 11.8 Å². The summed E-state index contributed by atoms with van der Waals surface area (Å²) in [6.07, 6.45) is 1.45. The third-order valence-electron chi connectivity index (χ3n) is 2.82. The zero-order valence-corrected chi connectivity index (χ0v) is 12.0. The Morgan fingerprint density at radius 1 is 1.15 bits per heavy atom. The smallest absolute Gasteiger partial charge is 0.229 e. The molecule has 106 valence electrons.